The number of hydrogen-bond donors (Lipinski definition) is 2. The monoisotopic (exact) mass is 504 g/mol. The zero-order chi connectivity index (χ0) is 25.7. The Balaban J connectivity index is 1.57. The first-order chi connectivity index (χ1) is 16.3. The van der Waals surface area contributed by atoms with E-state index in [9.17, 15) is 41.0 Å². The Morgan fingerprint density at radius 3 is 2.40 bits per heavy atom. The molecule has 3 N–H and O–H groups in total. The molecule has 1 aromatic carbocycles. The molecule has 13 heteroatoms. The van der Waals surface area contributed by atoms with E-state index in [-0.39, 0.29) is 36.6 Å². The molecule has 0 radical (unpaired) electrons. The minimum absolute atomic E-state index is 0.224. The van der Waals surface area contributed by atoms with Crippen molar-refractivity contribution in [2.24, 2.45) is 11.7 Å². The Morgan fingerprint density at radius 2 is 1.80 bits per heavy atom. The predicted octanol–water partition coefficient (Wildman–Crippen LogP) is 3.49. The average molecular weight is 504 g/mol. The van der Waals surface area contributed by atoms with Crippen molar-refractivity contribution in [3.8, 4) is 0 Å². The van der Waals surface area contributed by atoms with Gasteiger partial charge in [0.2, 0.25) is 11.7 Å². The van der Waals surface area contributed by atoms with Gasteiger partial charge in [0.15, 0.2) is 17.3 Å². The first-order valence-electron chi connectivity index (χ1n) is 10.9. The number of imidazole rings is 1. The van der Waals surface area contributed by atoms with E-state index in [0.29, 0.717) is 18.6 Å². The molecule has 190 valence electrons. The summed E-state index contributed by atoms with van der Waals surface area (Å²) in [4.78, 5) is 29.3. The topological polar surface area (TPSA) is 101 Å². The molecule has 1 aliphatic carbocycles. The summed E-state index contributed by atoms with van der Waals surface area (Å²) in [5.74, 6) is -6.97. The molecule has 1 aromatic heterocycles. The van der Waals surface area contributed by atoms with Gasteiger partial charge in [0.05, 0.1) is 18.3 Å². The van der Waals surface area contributed by atoms with Gasteiger partial charge in [-0.05, 0) is 30.4 Å². The molecule has 35 heavy (non-hydrogen) atoms. The molecule has 2 aliphatic rings. The Hall–Kier alpha value is -3.09. The first kappa shape index (κ1) is 25.0. The van der Waals surface area contributed by atoms with Crippen molar-refractivity contribution in [3.05, 3.63) is 52.4 Å². The van der Waals surface area contributed by atoms with E-state index in [1.165, 1.54) is 4.90 Å². The van der Waals surface area contributed by atoms with Crippen molar-refractivity contribution in [1.29, 1.82) is 0 Å². The third-order valence-electron chi connectivity index (χ3n) is 6.31. The number of aromatic carboxylic acids is 1. The van der Waals surface area contributed by atoms with Crippen LogP contribution in [0.3, 0.4) is 0 Å². The minimum Gasteiger partial charge on any atom is -0.476 e. The van der Waals surface area contributed by atoms with E-state index in [4.69, 9.17) is 5.73 Å². The normalized spacial score (nSPS) is 18.9. The van der Waals surface area contributed by atoms with Gasteiger partial charge in [-0.3, -0.25) is 4.79 Å². The second-order valence-corrected chi connectivity index (χ2v) is 9.02. The highest BCUT2D eigenvalue weighted by molar-refractivity contribution is 5.87. The lowest BCUT2D eigenvalue weighted by Gasteiger charge is -2.38. The highest BCUT2D eigenvalue weighted by Crippen LogP contribution is 2.39. The van der Waals surface area contributed by atoms with Crippen LogP contribution in [0.2, 0.25) is 0 Å². The fourth-order valence-corrected chi connectivity index (χ4v) is 4.48. The lowest BCUT2D eigenvalue weighted by atomic mass is 10.00. The summed E-state index contributed by atoms with van der Waals surface area (Å²) in [7, 11) is 0. The van der Waals surface area contributed by atoms with Crippen LogP contribution in [-0.4, -0.2) is 43.5 Å². The maximum atomic E-state index is 14.0. The van der Waals surface area contributed by atoms with Crippen LogP contribution in [-0.2, 0) is 30.5 Å². The van der Waals surface area contributed by atoms with Gasteiger partial charge in [-0.1, -0.05) is 12.8 Å². The quantitative estimate of drug-likeness (QED) is 0.444. The van der Waals surface area contributed by atoms with Crippen molar-refractivity contribution in [1.82, 2.24) is 14.5 Å². The number of hydrogen-bond acceptors (Lipinski definition) is 4. The number of nitrogens with two attached hydrogens (primary N) is 1. The lowest BCUT2D eigenvalue weighted by Crippen LogP contribution is -2.49. The van der Waals surface area contributed by atoms with E-state index in [2.05, 4.69) is 4.98 Å². The van der Waals surface area contributed by atoms with Gasteiger partial charge in [0.25, 0.3) is 0 Å². The summed E-state index contributed by atoms with van der Waals surface area (Å²) in [5.41, 5.74) is 4.72. The predicted molar refractivity (Wildman–Crippen MR) is 108 cm³/mol. The molecular weight excluding hydrogens is 482 g/mol. The van der Waals surface area contributed by atoms with Crippen molar-refractivity contribution >= 4 is 11.9 Å². The number of carbonyl (C=O) groups is 2. The summed E-state index contributed by atoms with van der Waals surface area (Å²) in [6.07, 6.45) is -3.35. The standard InChI is InChI=1S/C22H22F6N4O3/c23-14-7-16(25)15(24)5-11(14)4-12(29)6-18(33)31-9-17-19(20(34)35)30-21(22(26,27)28)32(17)8-13(31)3-10-1-2-10/h5,7,10,12-13H,1-4,6,8-9,29H2,(H,34,35)/t12-,13?/m1/s1. The highest BCUT2D eigenvalue weighted by atomic mass is 19.4. The van der Waals surface area contributed by atoms with Crippen LogP contribution in [0.25, 0.3) is 0 Å². The van der Waals surface area contributed by atoms with Gasteiger partial charge in [0.1, 0.15) is 5.82 Å². The molecule has 2 aromatic rings. The average Bonchev–Trinajstić information content (AvgIpc) is 3.47. The van der Waals surface area contributed by atoms with Crippen molar-refractivity contribution < 1.29 is 41.0 Å². The molecule has 4 rings (SSSR count). The van der Waals surface area contributed by atoms with Crippen LogP contribution in [0.4, 0.5) is 26.3 Å². The molecule has 2 atom stereocenters. The van der Waals surface area contributed by atoms with Gasteiger partial charge < -0.3 is 20.3 Å². The summed E-state index contributed by atoms with van der Waals surface area (Å²) in [6.45, 7) is -0.688. The number of halogens is 6. The van der Waals surface area contributed by atoms with Crippen molar-refractivity contribution in [2.45, 2.75) is 63.5 Å². The Kier molecular flexibility index (Phi) is 6.56. The van der Waals surface area contributed by atoms with E-state index in [0.717, 1.165) is 17.4 Å². The van der Waals surface area contributed by atoms with E-state index in [1.54, 1.807) is 0 Å². The number of carboxylic acids is 1. The number of fused-ring (bicyclic) bond motifs is 1. The second-order valence-electron chi connectivity index (χ2n) is 9.02. The first-order valence-corrected chi connectivity index (χ1v) is 10.9. The van der Waals surface area contributed by atoms with Gasteiger partial charge in [-0.15, -0.1) is 0 Å². The number of carbonyl (C=O) groups excluding carboxylic acids is 1. The zero-order valence-electron chi connectivity index (χ0n) is 18.3. The smallest absolute Gasteiger partial charge is 0.449 e. The summed E-state index contributed by atoms with van der Waals surface area (Å²) >= 11 is 0. The number of rotatable bonds is 7. The van der Waals surface area contributed by atoms with Crippen LogP contribution in [0.1, 0.15) is 53.3 Å². The molecule has 1 amide bonds. The van der Waals surface area contributed by atoms with Crippen LogP contribution in [0.15, 0.2) is 12.1 Å². The molecule has 1 saturated carbocycles. The van der Waals surface area contributed by atoms with Gasteiger partial charge in [-0.25, -0.2) is 22.9 Å². The lowest BCUT2D eigenvalue weighted by molar-refractivity contribution is -0.149. The second kappa shape index (κ2) is 9.17. The van der Waals surface area contributed by atoms with E-state index in [1.807, 2.05) is 0 Å². The van der Waals surface area contributed by atoms with Crippen LogP contribution < -0.4 is 5.73 Å². The molecule has 0 bridgehead atoms. The largest absolute Gasteiger partial charge is 0.476 e. The summed E-state index contributed by atoms with van der Waals surface area (Å²) in [5, 5.41) is 9.38. The van der Waals surface area contributed by atoms with E-state index >= 15 is 0 Å². The van der Waals surface area contributed by atoms with Gasteiger partial charge >= 0.3 is 12.1 Å². The molecular formula is C22H22F6N4O3. The Labute approximate surface area is 195 Å². The molecule has 2 heterocycles. The number of nitrogens with zero attached hydrogens (tertiary/aromatic N) is 3. The zero-order valence-corrected chi connectivity index (χ0v) is 18.3. The molecule has 0 spiro atoms. The summed E-state index contributed by atoms with van der Waals surface area (Å²) < 4.78 is 82.0. The number of benzene rings is 1. The molecule has 7 nitrogen and oxygen atoms in total. The van der Waals surface area contributed by atoms with Crippen LogP contribution >= 0.6 is 0 Å². The number of carboxylic acid groups (broad SMARTS) is 1. The van der Waals surface area contributed by atoms with Gasteiger partial charge in [-0.2, -0.15) is 13.2 Å². The maximum Gasteiger partial charge on any atom is 0.449 e. The Bertz CT molecular complexity index is 1160. The van der Waals surface area contributed by atoms with Gasteiger partial charge in [0, 0.05) is 25.1 Å². The van der Waals surface area contributed by atoms with Crippen LogP contribution in [0.5, 0.6) is 0 Å². The number of alkyl halides is 3. The van der Waals surface area contributed by atoms with Crippen molar-refractivity contribution in [2.75, 3.05) is 0 Å². The fourth-order valence-electron chi connectivity index (χ4n) is 4.48. The third-order valence-corrected chi connectivity index (χ3v) is 6.31. The highest BCUT2D eigenvalue weighted by Gasteiger charge is 2.44. The van der Waals surface area contributed by atoms with E-state index < -0.39 is 65.7 Å². The maximum absolute atomic E-state index is 14.0. The molecule has 1 unspecified atom stereocenters. The third kappa shape index (κ3) is 5.29. The number of aromatic nitrogens is 2. The molecule has 1 fully saturated rings. The Morgan fingerprint density at radius 1 is 1.14 bits per heavy atom. The SMILES string of the molecule is N[C@@H](CC(=O)N1Cc2c(C(=O)O)nc(C(F)(F)F)n2CC1CC1CC1)Cc1cc(F)c(F)cc1F. The molecule has 1 aliphatic heterocycles. The molecule has 0 saturated heterocycles. The minimum atomic E-state index is -4.88. The van der Waals surface area contributed by atoms with Crippen LogP contribution in [0, 0.1) is 23.4 Å². The number of amides is 1. The fraction of sp³-hybridized carbons (Fsp3) is 0.500. The van der Waals surface area contributed by atoms with Crippen molar-refractivity contribution in [3.63, 3.8) is 0 Å². The summed E-state index contributed by atoms with van der Waals surface area (Å²) in [6, 6.07) is -0.614.